The Kier molecular flexibility index (Phi) is 6.34. The van der Waals surface area contributed by atoms with Gasteiger partial charge in [0.1, 0.15) is 10.4 Å². The van der Waals surface area contributed by atoms with Gasteiger partial charge in [0, 0.05) is 12.3 Å². The van der Waals surface area contributed by atoms with Crippen molar-refractivity contribution in [1.29, 1.82) is 0 Å². The number of ether oxygens (including phenoxy) is 2. The van der Waals surface area contributed by atoms with Crippen LogP contribution in [0.25, 0.3) is 16.0 Å². The number of anilines is 1. The van der Waals surface area contributed by atoms with E-state index in [1.807, 2.05) is 34.9 Å². The lowest BCUT2D eigenvalue weighted by Crippen LogP contribution is -2.28. The van der Waals surface area contributed by atoms with Crippen molar-refractivity contribution in [3.8, 4) is 5.75 Å². The Labute approximate surface area is 197 Å². The minimum absolute atomic E-state index is 0.00314. The summed E-state index contributed by atoms with van der Waals surface area (Å²) in [6.45, 7) is 3.67. The summed E-state index contributed by atoms with van der Waals surface area (Å²) < 4.78 is 15.3. The lowest BCUT2D eigenvalue weighted by Gasteiger charge is -2.13. The maximum Gasteiger partial charge on any atom is 0.272 e. The van der Waals surface area contributed by atoms with E-state index in [1.54, 1.807) is 16.7 Å². The maximum atomic E-state index is 13.1. The van der Waals surface area contributed by atoms with Crippen LogP contribution in [0, 0.1) is 0 Å². The van der Waals surface area contributed by atoms with E-state index >= 15 is 0 Å². The molecule has 1 saturated heterocycles. The van der Waals surface area contributed by atoms with Gasteiger partial charge in [-0.1, -0.05) is 11.8 Å². The highest BCUT2D eigenvalue weighted by molar-refractivity contribution is 7.99. The minimum Gasteiger partial charge on any atom is -0.494 e. The standard InChI is InChI=1S/C22H23N5O4S2/c1-2-30-15-7-5-14(6-8-15)23-18(28)13-33-22-25-24-21-26(12-16-4-3-10-31-16)20(29)19-17(27(21)22)9-11-32-19/h5-9,11,16H,2-4,10,12-13H2,1H3,(H,23,28)/t16-/m0/s1. The molecule has 1 fully saturated rings. The molecule has 172 valence electrons. The SMILES string of the molecule is CCOc1ccc(NC(=O)CSc2nnc3n(C[C@@H]4CCCO4)c(=O)c4sccc4n23)cc1. The number of hydrogen-bond acceptors (Lipinski definition) is 8. The van der Waals surface area contributed by atoms with Gasteiger partial charge in [0.15, 0.2) is 5.16 Å². The molecule has 11 heteroatoms. The van der Waals surface area contributed by atoms with E-state index in [4.69, 9.17) is 9.47 Å². The lowest BCUT2D eigenvalue weighted by atomic mass is 10.2. The molecule has 0 saturated carbocycles. The van der Waals surface area contributed by atoms with Crippen molar-refractivity contribution in [3.63, 3.8) is 0 Å². The van der Waals surface area contributed by atoms with Gasteiger partial charge in [-0.05, 0) is 55.5 Å². The Morgan fingerprint density at radius 1 is 1.30 bits per heavy atom. The molecule has 0 bridgehead atoms. The summed E-state index contributed by atoms with van der Waals surface area (Å²) in [7, 11) is 0. The van der Waals surface area contributed by atoms with Gasteiger partial charge in [-0.2, -0.15) is 0 Å². The van der Waals surface area contributed by atoms with Gasteiger partial charge < -0.3 is 14.8 Å². The monoisotopic (exact) mass is 485 g/mol. The van der Waals surface area contributed by atoms with Crippen LogP contribution in [0.15, 0.2) is 45.7 Å². The summed E-state index contributed by atoms with van der Waals surface area (Å²) in [6, 6.07) is 9.13. The van der Waals surface area contributed by atoms with Crippen LogP contribution in [-0.2, 0) is 16.1 Å². The highest BCUT2D eigenvalue weighted by atomic mass is 32.2. The average molecular weight is 486 g/mol. The summed E-state index contributed by atoms with van der Waals surface area (Å²) >= 11 is 2.68. The van der Waals surface area contributed by atoms with E-state index in [2.05, 4.69) is 15.5 Å². The second-order valence-electron chi connectivity index (χ2n) is 7.60. The first kappa shape index (κ1) is 21.9. The van der Waals surface area contributed by atoms with Gasteiger partial charge in [0.25, 0.3) is 5.56 Å². The van der Waals surface area contributed by atoms with Crippen LogP contribution >= 0.6 is 23.1 Å². The topological polar surface area (TPSA) is 99.8 Å². The van der Waals surface area contributed by atoms with E-state index in [-0.39, 0.29) is 23.3 Å². The van der Waals surface area contributed by atoms with Crippen LogP contribution in [0.3, 0.4) is 0 Å². The fourth-order valence-electron chi connectivity index (χ4n) is 3.88. The number of fused-ring (bicyclic) bond motifs is 3. The number of benzene rings is 1. The third kappa shape index (κ3) is 4.48. The van der Waals surface area contributed by atoms with Crippen LogP contribution in [-0.4, -0.2) is 50.1 Å². The number of thioether (sulfide) groups is 1. The first-order chi connectivity index (χ1) is 16.1. The average Bonchev–Trinajstić information content (AvgIpc) is 3.57. The van der Waals surface area contributed by atoms with Crippen LogP contribution in [0.4, 0.5) is 5.69 Å². The number of thiophene rings is 1. The van der Waals surface area contributed by atoms with Gasteiger partial charge in [0.2, 0.25) is 11.7 Å². The normalized spacial score (nSPS) is 16.0. The first-order valence-electron chi connectivity index (χ1n) is 10.8. The van der Waals surface area contributed by atoms with Crippen LogP contribution in [0.5, 0.6) is 5.75 Å². The molecule has 5 rings (SSSR count). The second kappa shape index (κ2) is 9.54. The van der Waals surface area contributed by atoms with Gasteiger partial charge >= 0.3 is 0 Å². The van der Waals surface area contributed by atoms with Crippen molar-refractivity contribution in [1.82, 2.24) is 19.2 Å². The fourth-order valence-corrected chi connectivity index (χ4v) is 5.44. The number of nitrogens with one attached hydrogen (secondary N) is 1. The lowest BCUT2D eigenvalue weighted by molar-refractivity contribution is -0.113. The van der Waals surface area contributed by atoms with Crippen molar-refractivity contribution in [2.45, 2.75) is 37.6 Å². The van der Waals surface area contributed by atoms with Crippen molar-refractivity contribution < 1.29 is 14.3 Å². The Morgan fingerprint density at radius 3 is 2.91 bits per heavy atom. The molecule has 1 atom stereocenters. The molecule has 0 spiro atoms. The molecular formula is C22H23N5O4S2. The predicted octanol–water partition coefficient (Wildman–Crippen LogP) is 3.41. The molecule has 3 aromatic heterocycles. The molecule has 1 amide bonds. The van der Waals surface area contributed by atoms with Crippen LogP contribution in [0.1, 0.15) is 19.8 Å². The largest absolute Gasteiger partial charge is 0.494 e. The highest BCUT2D eigenvalue weighted by Gasteiger charge is 2.23. The number of amides is 1. The smallest absolute Gasteiger partial charge is 0.272 e. The number of aromatic nitrogens is 4. The molecule has 9 nitrogen and oxygen atoms in total. The molecule has 4 aromatic rings. The number of carbonyl (C=O) groups excluding carboxylic acids is 1. The van der Waals surface area contributed by atoms with Gasteiger partial charge in [-0.25, -0.2) is 0 Å². The Bertz CT molecular complexity index is 1340. The van der Waals surface area contributed by atoms with Crippen molar-refractivity contribution in [2.75, 3.05) is 24.3 Å². The van der Waals surface area contributed by atoms with Crippen molar-refractivity contribution in [3.05, 3.63) is 46.1 Å². The molecule has 1 aliphatic rings. The van der Waals surface area contributed by atoms with E-state index < -0.39 is 0 Å². The fraction of sp³-hybridized carbons (Fsp3) is 0.364. The predicted molar refractivity (Wildman–Crippen MR) is 129 cm³/mol. The molecule has 1 N–H and O–H groups in total. The number of carbonyl (C=O) groups is 1. The summed E-state index contributed by atoms with van der Waals surface area (Å²) in [5.74, 6) is 1.23. The summed E-state index contributed by atoms with van der Waals surface area (Å²) in [5.41, 5.74) is 1.36. The number of rotatable bonds is 8. The number of hydrogen-bond donors (Lipinski definition) is 1. The Morgan fingerprint density at radius 2 is 2.15 bits per heavy atom. The van der Waals surface area contributed by atoms with E-state index in [0.29, 0.717) is 41.1 Å². The van der Waals surface area contributed by atoms with Crippen LogP contribution < -0.4 is 15.6 Å². The molecule has 1 aliphatic heterocycles. The Balaban J connectivity index is 1.37. The third-order valence-corrected chi connectivity index (χ3v) is 7.19. The zero-order chi connectivity index (χ0) is 22.8. The zero-order valence-electron chi connectivity index (χ0n) is 18.0. The molecule has 0 radical (unpaired) electrons. The van der Waals surface area contributed by atoms with E-state index in [9.17, 15) is 9.59 Å². The summed E-state index contributed by atoms with van der Waals surface area (Å²) in [4.78, 5) is 25.6. The molecule has 4 heterocycles. The minimum atomic E-state index is -0.157. The maximum absolute atomic E-state index is 13.1. The number of nitrogens with zero attached hydrogens (tertiary/aromatic N) is 4. The first-order valence-corrected chi connectivity index (χ1v) is 12.6. The van der Waals surface area contributed by atoms with E-state index in [0.717, 1.165) is 24.1 Å². The van der Waals surface area contributed by atoms with Crippen LogP contribution in [0.2, 0.25) is 0 Å². The highest BCUT2D eigenvalue weighted by Crippen LogP contribution is 2.25. The van der Waals surface area contributed by atoms with Crippen molar-refractivity contribution >= 4 is 50.7 Å². The zero-order valence-corrected chi connectivity index (χ0v) is 19.7. The Hall–Kier alpha value is -2.89. The van der Waals surface area contributed by atoms with Gasteiger partial charge in [-0.3, -0.25) is 18.6 Å². The summed E-state index contributed by atoms with van der Waals surface area (Å²) in [6.07, 6.45) is 1.91. The molecular weight excluding hydrogens is 462 g/mol. The molecule has 0 unspecified atom stereocenters. The molecule has 33 heavy (non-hydrogen) atoms. The quantitative estimate of drug-likeness (QED) is 0.382. The second-order valence-corrected chi connectivity index (χ2v) is 9.46. The molecule has 0 aliphatic carbocycles. The molecule has 1 aromatic carbocycles. The van der Waals surface area contributed by atoms with Gasteiger partial charge in [0.05, 0.1) is 30.5 Å². The van der Waals surface area contributed by atoms with E-state index in [1.165, 1.54) is 23.1 Å². The summed E-state index contributed by atoms with van der Waals surface area (Å²) in [5, 5.41) is 13.9. The van der Waals surface area contributed by atoms with Gasteiger partial charge in [-0.15, -0.1) is 21.5 Å². The third-order valence-electron chi connectivity index (χ3n) is 5.37. The van der Waals surface area contributed by atoms with Crippen molar-refractivity contribution in [2.24, 2.45) is 0 Å².